The molecule has 0 spiro atoms. The zero-order chi connectivity index (χ0) is 19.2. The Morgan fingerprint density at radius 3 is 2.78 bits per heavy atom. The van der Waals surface area contributed by atoms with E-state index in [1.54, 1.807) is 12.1 Å². The Bertz CT molecular complexity index is 739. The zero-order valence-corrected chi connectivity index (χ0v) is 16.3. The zero-order valence-electron chi connectivity index (χ0n) is 16.3. The van der Waals surface area contributed by atoms with Crippen LogP contribution in [0.4, 0.5) is 0 Å². The van der Waals surface area contributed by atoms with E-state index < -0.39 is 0 Å². The highest BCUT2D eigenvalue weighted by Gasteiger charge is 2.28. The quantitative estimate of drug-likeness (QED) is 0.813. The number of amides is 1. The minimum atomic E-state index is -0.00323. The lowest BCUT2D eigenvalue weighted by Gasteiger charge is -2.33. The maximum absolute atomic E-state index is 12.9. The van der Waals surface area contributed by atoms with Crippen LogP contribution in [-0.4, -0.2) is 64.1 Å². The van der Waals surface area contributed by atoms with Crippen molar-refractivity contribution in [1.82, 2.24) is 19.4 Å². The van der Waals surface area contributed by atoms with Crippen molar-refractivity contribution in [2.45, 2.75) is 38.3 Å². The Morgan fingerprint density at radius 1 is 1.30 bits per heavy atom. The summed E-state index contributed by atoms with van der Waals surface area (Å²) in [5.41, 5.74) is 1.50. The molecule has 0 saturated carbocycles. The van der Waals surface area contributed by atoms with Gasteiger partial charge in [-0.3, -0.25) is 4.79 Å². The number of aliphatic hydroxyl groups is 1. The Labute approximate surface area is 161 Å². The van der Waals surface area contributed by atoms with Gasteiger partial charge < -0.3 is 19.5 Å². The number of carbonyl (C=O) groups excluding carboxylic acids is 1. The number of aliphatic hydroxyl groups excluding tert-OH is 1. The van der Waals surface area contributed by atoms with Crippen molar-refractivity contribution in [3.8, 4) is 0 Å². The summed E-state index contributed by atoms with van der Waals surface area (Å²) < 4.78 is 2.25. The number of aryl methyl sites for hydroxylation is 1. The minimum Gasteiger partial charge on any atom is -0.392 e. The molecule has 1 atom stereocenters. The highest BCUT2D eigenvalue weighted by Crippen LogP contribution is 2.27. The molecule has 6 heteroatoms. The lowest BCUT2D eigenvalue weighted by atomic mass is 9.96. The van der Waals surface area contributed by atoms with Gasteiger partial charge in [-0.2, -0.15) is 0 Å². The highest BCUT2D eigenvalue weighted by atomic mass is 16.3. The van der Waals surface area contributed by atoms with Gasteiger partial charge in [-0.25, -0.2) is 4.98 Å². The number of nitrogens with zero attached hydrogens (tertiary/aromatic N) is 4. The molecule has 1 aliphatic rings. The molecule has 1 aliphatic heterocycles. The van der Waals surface area contributed by atoms with Crippen molar-refractivity contribution >= 4 is 5.91 Å². The first-order chi connectivity index (χ1) is 13.1. The first-order valence-corrected chi connectivity index (χ1v) is 9.73. The van der Waals surface area contributed by atoms with Crippen LogP contribution in [0, 0.1) is 0 Å². The van der Waals surface area contributed by atoms with E-state index in [4.69, 9.17) is 5.11 Å². The molecule has 1 aromatic heterocycles. The van der Waals surface area contributed by atoms with Crippen LogP contribution in [-0.2, 0) is 13.2 Å². The van der Waals surface area contributed by atoms with E-state index in [9.17, 15) is 4.79 Å². The molecule has 3 rings (SSSR count). The van der Waals surface area contributed by atoms with Crippen LogP contribution in [0.3, 0.4) is 0 Å². The van der Waals surface area contributed by atoms with E-state index in [0.717, 1.165) is 50.3 Å². The molecule has 1 fully saturated rings. The van der Waals surface area contributed by atoms with E-state index in [1.165, 1.54) is 0 Å². The fourth-order valence-corrected chi connectivity index (χ4v) is 3.73. The normalized spacial score (nSPS) is 17.5. The van der Waals surface area contributed by atoms with E-state index in [2.05, 4.69) is 34.7 Å². The molecule has 6 nitrogen and oxygen atoms in total. The van der Waals surface area contributed by atoms with Gasteiger partial charge in [0.1, 0.15) is 5.82 Å². The molecular weight excluding hydrogens is 340 g/mol. The summed E-state index contributed by atoms with van der Waals surface area (Å²) in [5.74, 6) is 1.45. The molecule has 0 aliphatic carbocycles. The Hall–Kier alpha value is -2.18. The third kappa shape index (κ3) is 4.96. The van der Waals surface area contributed by atoms with Crippen LogP contribution in [0.2, 0.25) is 0 Å². The van der Waals surface area contributed by atoms with Crippen LogP contribution in [0.1, 0.15) is 46.9 Å². The second-order valence-electron chi connectivity index (χ2n) is 7.58. The predicted octanol–water partition coefficient (Wildman–Crippen LogP) is 2.35. The average molecular weight is 370 g/mol. The molecule has 0 unspecified atom stereocenters. The molecule has 2 heterocycles. The van der Waals surface area contributed by atoms with Gasteiger partial charge in [0.05, 0.1) is 6.61 Å². The number of carbonyl (C=O) groups is 1. The van der Waals surface area contributed by atoms with Gasteiger partial charge in [0.25, 0.3) is 5.91 Å². The van der Waals surface area contributed by atoms with Crippen LogP contribution >= 0.6 is 0 Å². The summed E-state index contributed by atoms with van der Waals surface area (Å²) in [6, 6.07) is 7.23. The molecule has 1 saturated heterocycles. The second-order valence-corrected chi connectivity index (χ2v) is 7.58. The number of piperidine rings is 1. The molecule has 2 aromatic rings. The first-order valence-electron chi connectivity index (χ1n) is 9.73. The second kappa shape index (κ2) is 9.15. The van der Waals surface area contributed by atoms with Crippen molar-refractivity contribution in [2.75, 3.05) is 33.7 Å². The number of imidazole rings is 1. The van der Waals surface area contributed by atoms with E-state index in [1.807, 2.05) is 23.2 Å². The fourth-order valence-electron chi connectivity index (χ4n) is 3.73. The smallest absolute Gasteiger partial charge is 0.253 e. The van der Waals surface area contributed by atoms with Crippen molar-refractivity contribution in [1.29, 1.82) is 0 Å². The van der Waals surface area contributed by atoms with Crippen LogP contribution < -0.4 is 0 Å². The van der Waals surface area contributed by atoms with Crippen molar-refractivity contribution in [3.05, 3.63) is 53.6 Å². The number of benzene rings is 1. The minimum absolute atomic E-state index is 0.00323. The van der Waals surface area contributed by atoms with Gasteiger partial charge in [-0.05, 0) is 57.6 Å². The third-order valence-corrected chi connectivity index (χ3v) is 5.21. The van der Waals surface area contributed by atoms with Crippen LogP contribution in [0.5, 0.6) is 0 Å². The SMILES string of the molecule is CN(C)CCCn1ccnc1[C@H]1CCCN(C(=O)c2ccc(CO)cc2)C1. The average Bonchev–Trinajstić information content (AvgIpc) is 3.16. The number of hydrogen-bond donors (Lipinski definition) is 1. The van der Waals surface area contributed by atoms with E-state index in [0.29, 0.717) is 12.1 Å². The molecular formula is C21H30N4O2. The topological polar surface area (TPSA) is 61.6 Å². The maximum Gasteiger partial charge on any atom is 0.253 e. The van der Waals surface area contributed by atoms with E-state index in [-0.39, 0.29) is 18.4 Å². The van der Waals surface area contributed by atoms with Crippen LogP contribution in [0.25, 0.3) is 0 Å². The summed E-state index contributed by atoms with van der Waals surface area (Å²) in [6.45, 7) is 3.51. The van der Waals surface area contributed by atoms with Gasteiger partial charge >= 0.3 is 0 Å². The molecule has 1 N–H and O–H groups in total. The lowest BCUT2D eigenvalue weighted by molar-refractivity contribution is 0.0703. The van der Waals surface area contributed by atoms with Crippen molar-refractivity contribution in [3.63, 3.8) is 0 Å². The molecule has 1 amide bonds. The lowest BCUT2D eigenvalue weighted by Crippen LogP contribution is -2.39. The van der Waals surface area contributed by atoms with Gasteiger partial charge in [-0.15, -0.1) is 0 Å². The Morgan fingerprint density at radius 2 is 2.07 bits per heavy atom. The summed E-state index contributed by atoms with van der Waals surface area (Å²) in [6.07, 6.45) is 7.08. The summed E-state index contributed by atoms with van der Waals surface area (Å²) in [7, 11) is 4.18. The Balaban J connectivity index is 1.65. The van der Waals surface area contributed by atoms with Gasteiger partial charge in [0.15, 0.2) is 0 Å². The van der Waals surface area contributed by atoms with Gasteiger partial charge in [0.2, 0.25) is 0 Å². The number of aromatic nitrogens is 2. The maximum atomic E-state index is 12.9. The number of rotatable bonds is 7. The molecule has 0 radical (unpaired) electrons. The van der Waals surface area contributed by atoms with Gasteiger partial charge in [-0.1, -0.05) is 12.1 Å². The third-order valence-electron chi connectivity index (χ3n) is 5.21. The first kappa shape index (κ1) is 19.6. The molecule has 27 heavy (non-hydrogen) atoms. The van der Waals surface area contributed by atoms with Gasteiger partial charge in [0, 0.05) is 43.5 Å². The molecule has 1 aromatic carbocycles. The largest absolute Gasteiger partial charge is 0.392 e. The standard InChI is InChI=1S/C21H30N4O2/c1-23(2)11-4-13-24-14-10-22-20(24)19-5-3-12-25(15-19)21(27)18-8-6-17(16-26)7-9-18/h6-10,14,19,26H,3-5,11-13,15-16H2,1-2H3/t19-/m0/s1. The van der Waals surface area contributed by atoms with Crippen molar-refractivity contribution in [2.24, 2.45) is 0 Å². The predicted molar refractivity (Wildman–Crippen MR) is 106 cm³/mol. The van der Waals surface area contributed by atoms with Crippen molar-refractivity contribution < 1.29 is 9.90 Å². The summed E-state index contributed by atoms with van der Waals surface area (Å²) in [4.78, 5) is 21.6. The summed E-state index contributed by atoms with van der Waals surface area (Å²) >= 11 is 0. The monoisotopic (exact) mass is 370 g/mol. The number of likely N-dealkylation sites (tertiary alicyclic amines) is 1. The fraction of sp³-hybridized carbons (Fsp3) is 0.524. The molecule has 0 bridgehead atoms. The van der Waals surface area contributed by atoms with E-state index >= 15 is 0 Å². The molecule has 146 valence electrons. The summed E-state index contributed by atoms with van der Waals surface area (Å²) in [5, 5.41) is 9.17. The Kier molecular flexibility index (Phi) is 6.63. The van der Waals surface area contributed by atoms with Crippen LogP contribution in [0.15, 0.2) is 36.7 Å². The number of hydrogen-bond acceptors (Lipinski definition) is 4. The highest BCUT2D eigenvalue weighted by molar-refractivity contribution is 5.94.